The number of hydrogen-bond donors (Lipinski definition) is 3. The minimum atomic E-state index is -1.59. The highest BCUT2D eigenvalue weighted by Crippen LogP contribution is 2.15. The van der Waals surface area contributed by atoms with Crippen molar-refractivity contribution in [2.45, 2.75) is 13.0 Å². The zero-order valence-corrected chi connectivity index (χ0v) is 10.7. The number of aryl methyl sites for hydroxylation is 1. The maximum absolute atomic E-state index is 11.6. The van der Waals surface area contributed by atoms with Crippen molar-refractivity contribution in [2.24, 2.45) is 0 Å². The Morgan fingerprint density at radius 1 is 1.41 bits per heavy atom. The summed E-state index contributed by atoms with van der Waals surface area (Å²) in [6.45, 7) is 1.52. The van der Waals surface area contributed by atoms with E-state index >= 15 is 0 Å². The lowest BCUT2D eigenvalue weighted by Crippen LogP contribution is -2.36. The number of aliphatic carboxylic acids is 1. The van der Waals surface area contributed by atoms with Gasteiger partial charge in [0.1, 0.15) is 0 Å². The zero-order chi connectivity index (χ0) is 13.0. The number of hydrogen-bond acceptors (Lipinski definition) is 3. The molecule has 0 aliphatic rings. The Kier molecular flexibility index (Phi) is 4.65. The number of nitrogens with one attached hydrogen (secondary N) is 1. The van der Waals surface area contributed by atoms with Crippen LogP contribution in [0, 0.1) is 6.92 Å². The van der Waals surface area contributed by atoms with Crippen LogP contribution in [0.15, 0.2) is 22.7 Å². The third kappa shape index (κ3) is 4.16. The van der Waals surface area contributed by atoms with Crippen molar-refractivity contribution in [3.8, 4) is 0 Å². The van der Waals surface area contributed by atoms with Crippen LogP contribution < -0.4 is 5.32 Å². The van der Waals surface area contributed by atoms with Crippen LogP contribution in [-0.4, -0.2) is 34.7 Å². The van der Waals surface area contributed by atoms with Crippen LogP contribution in [0.4, 0.5) is 0 Å². The standard InChI is InChI=1S/C11H12BrNO4/c1-6-2-7(4-8(12)3-6)10(15)13-5-9(14)11(16)17/h2-4,9,14H,5H2,1H3,(H,13,15)(H,16,17)/t9-/m0/s1. The zero-order valence-electron chi connectivity index (χ0n) is 9.11. The van der Waals surface area contributed by atoms with E-state index in [9.17, 15) is 9.59 Å². The molecule has 1 amide bonds. The van der Waals surface area contributed by atoms with Gasteiger partial charge in [-0.15, -0.1) is 0 Å². The van der Waals surface area contributed by atoms with E-state index in [1.165, 1.54) is 0 Å². The first-order chi connectivity index (χ1) is 7.90. The molecule has 92 valence electrons. The first-order valence-corrected chi connectivity index (χ1v) is 5.65. The smallest absolute Gasteiger partial charge is 0.334 e. The second kappa shape index (κ2) is 5.79. The summed E-state index contributed by atoms with van der Waals surface area (Å²) in [6.07, 6.45) is -1.59. The third-order valence-corrected chi connectivity index (χ3v) is 2.50. The van der Waals surface area contributed by atoms with E-state index in [0.717, 1.165) is 10.0 Å². The molecule has 0 heterocycles. The van der Waals surface area contributed by atoms with Crippen molar-refractivity contribution in [3.63, 3.8) is 0 Å². The van der Waals surface area contributed by atoms with Gasteiger partial charge >= 0.3 is 5.97 Å². The quantitative estimate of drug-likeness (QED) is 0.772. The lowest BCUT2D eigenvalue weighted by Gasteiger charge is -2.08. The van der Waals surface area contributed by atoms with Gasteiger partial charge in [-0.2, -0.15) is 0 Å². The van der Waals surface area contributed by atoms with Crippen molar-refractivity contribution in [3.05, 3.63) is 33.8 Å². The minimum Gasteiger partial charge on any atom is -0.479 e. The lowest BCUT2D eigenvalue weighted by molar-refractivity contribution is -0.146. The monoisotopic (exact) mass is 301 g/mol. The highest BCUT2D eigenvalue weighted by atomic mass is 79.9. The van der Waals surface area contributed by atoms with Gasteiger partial charge < -0.3 is 15.5 Å². The highest BCUT2D eigenvalue weighted by molar-refractivity contribution is 9.10. The Labute approximate surface area is 107 Å². The molecule has 0 aliphatic heterocycles. The van der Waals surface area contributed by atoms with Crippen LogP contribution in [-0.2, 0) is 4.79 Å². The number of rotatable bonds is 4. The third-order valence-electron chi connectivity index (χ3n) is 2.05. The van der Waals surface area contributed by atoms with Gasteiger partial charge in [0.25, 0.3) is 5.91 Å². The predicted octanol–water partition coefficient (Wildman–Crippen LogP) is 0.933. The fourth-order valence-corrected chi connectivity index (χ4v) is 1.85. The predicted molar refractivity (Wildman–Crippen MR) is 64.9 cm³/mol. The van der Waals surface area contributed by atoms with E-state index in [-0.39, 0.29) is 6.54 Å². The molecule has 0 saturated carbocycles. The minimum absolute atomic E-state index is 0.320. The molecule has 6 heteroatoms. The molecule has 1 rings (SSSR count). The molecule has 0 fully saturated rings. The topological polar surface area (TPSA) is 86.6 Å². The van der Waals surface area contributed by atoms with Crippen molar-refractivity contribution in [1.82, 2.24) is 5.32 Å². The summed E-state index contributed by atoms with van der Waals surface area (Å²) >= 11 is 3.26. The summed E-state index contributed by atoms with van der Waals surface area (Å²) in [4.78, 5) is 22.0. The number of benzene rings is 1. The Bertz CT molecular complexity index is 427. The number of carbonyl (C=O) groups is 2. The molecular weight excluding hydrogens is 290 g/mol. The largest absolute Gasteiger partial charge is 0.479 e. The fourth-order valence-electron chi connectivity index (χ4n) is 1.25. The van der Waals surface area contributed by atoms with Crippen molar-refractivity contribution in [1.29, 1.82) is 0 Å². The summed E-state index contributed by atoms with van der Waals surface area (Å²) in [5, 5.41) is 19.8. The molecule has 1 atom stereocenters. The van der Waals surface area contributed by atoms with Gasteiger partial charge in [-0.3, -0.25) is 4.79 Å². The number of carboxylic acids is 1. The maximum atomic E-state index is 11.6. The second-order valence-corrected chi connectivity index (χ2v) is 4.50. The van der Waals surface area contributed by atoms with Gasteiger partial charge in [-0.05, 0) is 30.7 Å². The summed E-state index contributed by atoms with van der Waals surface area (Å²) in [7, 11) is 0. The molecule has 1 aromatic rings. The Morgan fingerprint density at radius 2 is 2.06 bits per heavy atom. The van der Waals surface area contributed by atoms with E-state index in [4.69, 9.17) is 10.2 Å². The Balaban J connectivity index is 2.67. The fraction of sp³-hybridized carbons (Fsp3) is 0.273. The van der Waals surface area contributed by atoms with Gasteiger partial charge in [0, 0.05) is 10.0 Å². The average Bonchev–Trinajstić information content (AvgIpc) is 2.23. The molecule has 0 saturated heterocycles. The average molecular weight is 302 g/mol. The molecule has 0 radical (unpaired) electrons. The van der Waals surface area contributed by atoms with Crippen molar-refractivity contribution < 1.29 is 19.8 Å². The highest BCUT2D eigenvalue weighted by Gasteiger charge is 2.15. The molecule has 0 aromatic heterocycles. The van der Waals surface area contributed by atoms with Crippen LogP contribution in [0.25, 0.3) is 0 Å². The van der Waals surface area contributed by atoms with Crippen LogP contribution in [0.1, 0.15) is 15.9 Å². The maximum Gasteiger partial charge on any atom is 0.334 e. The number of carbonyl (C=O) groups excluding carboxylic acids is 1. The normalized spacial score (nSPS) is 11.9. The summed E-state index contributed by atoms with van der Waals surface area (Å²) in [5.74, 6) is -1.79. The second-order valence-electron chi connectivity index (χ2n) is 3.58. The molecule has 5 nitrogen and oxygen atoms in total. The molecule has 0 unspecified atom stereocenters. The molecule has 3 N–H and O–H groups in total. The van der Waals surface area contributed by atoms with Gasteiger partial charge in [-0.25, -0.2) is 4.79 Å². The van der Waals surface area contributed by atoms with Crippen molar-refractivity contribution >= 4 is 27.8 Å². The SMILES string of the molecule is Cc1cc(Br)cc(C(=O)NC[C@H](O)C(=O)O)c1. The van der Waals surface area contributed by atoms with E-state index in [1.54, 1.807) is 12.1 Å². The number of aliphatic hydroxyl groups is 1. The Hall–Kier alpha value is -1.40. The molecule has 17 heavy (non-hydrogen) atoms. The number of halogens is 1. The van der Waals surface area contributed by atoms with Crippen LogP contribution in [0.2, 0.25) is 0 Å². The first kappa shape index (κ1) is 13.7. The summed E-state index contributed by atoms with van der Waals surface area (Å²) in [6, 6.07) is 5.14. The van der Waals surface area contributed by atoms with Crippen LogP contribution in [0.5, 0.6) is 0 Å². The molecule has 0 spiro atoms. The summed E-state index contributed by atoms with van der Waals surface area (Å²) in [5.41, 5.74) is 1.32. The Morgan fingerprint density at radius 3 is 2.59 bits per heavy atom. The number of carboxylic acid groups (broad SMARTS) is 1. The summed E-state index contributed by atoms with van der Waals surface area (Å²) < 4.78 is 0.765. The number of aliphatic hydroxyl groups excluding tert-OH is 1. The number of amides is 1. The first-order valence-electron chi connectivity index (χ1n) is 4.86. The van der Waals surface area contributed by atoms with Crippen molar-refractivity contribution in [2.75, 3.05) is 6.54 Å². The van der Waals surface area contributed by atoms with Gasteiger partial charge in [0.15, 0.2) is 6.10 Å². The van der Waals surface area contributed by atoms with Crippen LogP contribution >= 0.6 is 15.9 Å². The lowest BCUT2D eigenvalue weighted by atomic mass is 10.1. The molecule has 1 aromatic carbocycles. The van der Waals surface area contributed by atoms with Gasteiger partial charge in [0.05, 0.1) is 6.54 Å². The molecular formula is C11H12BrNO4. The van der Waals surface area contributed by atoms with E-state index < -0.39 is 18.0 Å². The van der Waals surface area contributed by atoms with E-state index in [1.807, 2.05) is 13.0 Å². The van der Waals surface area contributed by atoms with Crippen LogP contribution in [0.3, 0.4) is 0 Å². The molecule has 0 bridgehead atoms. The van der Waals surface area contributed by atoms with Gasteiger partial charge in [0.2, 0.25) is 0 Å². The van der Waals surface area contributed by atoms with Gasteiger partial charge in [-0.1, -0.05) is 15.9 Å². The molecule has 0 aliphatic carbocycles. The van der Waals surface area contributed by atoms with E-state index in [0.29, 0.717) is 5.56 Å². The van der Waals surface area contributed by atoms with E-state index in [2.05, 4.69) is 21.2 Å².